The number of nitrogens with two attached hydrogens (primary N) is 1. The first-order chi connectivity index (χ1) is 10.8. The van der Waals surface area contributed by atoms with Crippen molar-refractivity contribution in [1.29, 1.82) is 0 Å². The minimum absolute atomic E-state index is 0.0395. The van der Waals surface area contributed by atoms with E-state index in [2.05, 4.69) is 52.6 Å². The first-order valence-electron chi connectivity index (χ1n) is 9.44. The minimum atomic E-state index is 0.0395. The molecular weight excluding hydrogens is 280 g/mol. The maximum absolute atomic E-state index is 5.67. The number of amidine groups is 1. The van der Waals surface area contributed by atoms with Crippen molar-refractivity contribution in [3.63, 3.8) is 0 Å². The quantitative estimate of drug-likeness (QED) is 0.197. The minimum Gasteiger partial charge on any atom is -0.387 e. The van der Waals surface area contributed by atoms with Gasteiger partial charge in [0.2, 0.25) is 0 Å². The SMILES string of the molecule is CCCCCCCC=C(C(C)CC)C(C)(C)/C(C)=C\N=C(C)N. The van der Waals surface area contributed by atoms with Gasteiger partial charge in [-0.05, 0) is 44.6 Å². The van der Waals surface area contributed by atoms with Crippen LogP contribution in [0.15, 0.2) is 28.4 Å². The lowest BCUT2D eigenvalue weighted by Crippen LogP contribution is -2.21. The Morgan fingerprint density at radius 2 is 1.70 bits per heavy atom. The van der Waals surface area contributed by atoms with Crippen LogP contribution in [0.2, 0.25) is 0 Å². The highest BCUT2D eigenvalue weighted by molar-refractivity contribution is 5.78. The molecule has 0 bridgehead atoms. The average Bonchev–Trinajstić information content (AvgIpc) is 2.50. The molecule has 0 heterocycles. The van der Waals surface area contributed by atoms with Crippen LogP contribution in [0.5, 0.6) is 0 Å². The maximum Gasteiger partial charge on any atom is 0.0957 e. The number of unbranched alkanes of at least 4 members (excludes halogenated alkanes) is 5. The topological polar surface area (TPSA) is 38.4 Å². The predicted molar refractivity (Wildman–Crippen MR) is 106 cm³/mol. The lowest BCUT2D eigenvalue weighted by Gasteiger charge is -2.33. The molecule has 2 heteroatoms. The first kappa shape index (κ1) is 21.9. The number of nitrogens with zero attached hydrogens (tertiary/aromatic N) is 1. The highest BCUT2D eigenvalue weighted by atomic mass is 14.8. The molecule has 0 saturated carbocycles. The van der Waals surface area contributed by atoms with Gasteiger partial charge in [0.05, 0.1) is 5.84 Å². The van der Waals surface area contributed by atoms with Gasteiger partial charge in [-0.3, -0.25) is 0 Å². The summed E-state index contributed by atoms with van der Waals surface area (Å²) >= 11 is 0. The van der Waals surface area contributed by atoms with Crippen molar-refractivity contribution in [3.8, 4) is 0 Å². The molecule has 0 aliphatic carbocycles. The van der Waals surface area contributed by atoms with Gasteiger partial charge in [-0.15, -0.1) is 0 Å². The van der Waals surface area contributed by atoms with E-state index in [0.717, 1.165) is 0 Å². The molecule has 0 radical (unpaired) electrons. The molecule has 2 nitrogen and oxygen atoms in total. The normalized spacial score (nSPS) is 15.9. The molecule has 23 heavy (non-hydrogen) atoms. The van der Waals surface area contributed by atoms with Gasteiger partial charge in [0, 0.05) is 11.6 Å². The molecule has 0 saturated heterocycles. The first-order valence-corrected chi connectivity index (χ1v) is 9.44. The summed E-state index contributed by atoms with van der Waals surface area (Å²) in [6, 6.07) is 0. The fourth-order valence-electron chi connectivity index (χ4n) is 2.89. The standard InChI is InChI=1S/C21H40N2/c1-8-10-11-12-13-14-15-20(17(3)9-2)21(6,7)18(4)16-23-19(5)22/h15-17H,8-14H2,1-7H3,(H2,22,23)/b18-16-,20-15?. The van der Waals surface area contributed by atoms with E-state index in [0.29, 0.717) is 11.8 Å². The van der Waals surface area contributed by atoms with Crippen LogP contribution in [0.4, 0.5) is 0 Å². The zero-order valence-corrected chi connectivity index (χ0v) is 16.7. The van der Waals surface area contributed by atoms with Crippen molar-refractivity contribution in [2.45, 2.75) is 93.4 Å². The number of hydrogen-bond acceptors (Lipinski definition) is 1. The van der Waals surface area contributed by atoms with Gasteiger partial charge in [0.15, 0.2) is 0 Å². The number of aliphatic imine (C=N–C) groups is 1. The zero-order valence-electron chi connectivity index (χ0n) is 16.7. The van der Waals surface area contributed by atoms with E-state index in [4.69, 9.17) is 5.73 Å². The van der Waals surface area contributed by atoms with Gasteiger partial charge in [-0.1, -0.05) is 72.0 Å². The van der Waals surface area contributed by atoms with E-state index in [1.165, 1.54) is 50.5 Å². The summed E-state index contributed by atoms with van der Waals surface area (Å²) in [5.74, 6) is 1.22. The molecular formula is C21H40N2. The Hall–Kier alpha value is -1.05. The highest BCUT2D eigenvalue weighted by Crippen LogP contribution is 2.40. The monoisotopic (exact) mass is 320 g/mol. The molecule has 0 aromatic heterocycles. The fourth-order valence-corrected chi connectivity index (χ4v) is 2.89. The summed E-state index contributed by atoms with van der Waals surface area (Å²) in [4.78, 5) is 4.29. The molecule has 0 rings (SSSR count). The summed E-state index contributed by atoms with van der Waals surface area (Å²) in [6.07, 6.45) is 13.5. The van der Waals surface area contributed by atoms with Gasteiger partial charge >= 0.3 is 0 Å². The Morgan fingerprint density at radius 3 is 2.22 bits per heavy atom. The van der Waals surface area contributed by atoms with Gasteiger partial charge in [0.25, 0.3) is 0 Å². The third-order valence-corrected chi connectivity index (χ3v) is 4.98. The second kappa shape index (κ2) is 11.5. The molecule has 2 N–H and O–H groups in total. The second-order valence-electron chi connectivity index (χ2n) is 7.38. The maximum atomic E-state index is 5.67. The van der Waals surface area contributed by atoms with Gasteiger partial charge in [-0.25, -0.2) is 4.99 Å². The number of rotatable bonds is 11. The summed E-state index contributed by atoms with van der Waals surface area (Å²) in [5.41, 5.74) is 8.54. The Bertz CT molecular complexity index is 410. The highest BCUT2D eigenvalue weighted by Gasteiger charge is 2.28. The number of allylic oxidation sites excluding steroid dienone is 3. The lowest BCUT2D eigenvalue weighted by atomic mass is 9.72. The smallest absolute Gasteiger partial charge is 0.0957 e. The van der Waals surface area contributed by atoms with E-state index in [1.807, 2.05) is 13.1 Å². The van der Waals surface area contributed by atoms with Crippen molar-refractivity contribution in [3.05, 3.63) is 23.4 Å². The molecule has 0 aliphatic rings. The molecule has 1 atom stereocenters. The largest absolute Gasteiger partial charge is 0.387 e. The van der Waals surface area contributed by atoms with Crippen molar-refractivity contribution >= 4 is 5.84 Å². The van der Waals surface area contributed by atoms with Crippen LogP contribution in [0, 0.1) is 11.3 Å². The van der Waals surface area contributed by atoms with Gasteiger partial charge < -0.3 is 5.73 Å². The van der Waals surface area contributed by atoms with Crippen molar-refractivity contribution in [1.82, 2.24) is 0 Å². The molecule has 1 unspecified atom stereocenters. The fraction of sp³-hybridized carbons (Fsp3) is 0.762. The molecule has 0 aromatic carbocycles. The molecule has 134 valence electrons. The van der Waals surface area contributed by atoms with Crippen molar-refractivity contribution in [2.75, 3.05) is 0 Å². The van der Waals surface area contributed by atoms with Crippen LogP contribution >= 0.6 is 0 Å². The predicted octanol–water partition coefficient (Wildman–Crippen LogP) is 6.63. The summed E-state index contributed by atoms with van der Waals surface area (Å²) < 4.78 is 0. The second-order valence-corrected chi connectivity index (χ2v) is 7.38. The molecule has 0 amide bonds. The third kappa shape index (κ3) is 8.39. The third-order valence-electron chi connectivity index (χ3n) is 4.98. The summed E-state index contributed by atoms with van der Waals surface area (Å²) in [7, 11) is 0. The van der Waals surface area contributed by atoms with Crippen LogP contribution in [0.25, 0.3) is 0 Å². The molecule has 0 fully saturated rings. The van der Waals surface area contributed by atoms with E-state index < -0.39 is 0 Å². The van der Waals surface area contributed by atoms with Gasteiger partial charge in [-0.2, -0.15) is 0 Å². The van der Waals surface area contributed by atoms with Crippen molar-refractivity contribution in [2.24, 2.45) is 22.1 Å². The Morgan fingerprint density at radius 1 is 1.09 bits per heavy atom. The molecule has 0 spiro atoms. The van der Waals surface area contributed by atoms with Crippen LogP contribution in [0.3, 0.4) is 0 Å². The Balaban J connectivity index is 5.06. The average molecular weight is 321 g/mol. The Kier molecular flexibility index (Phi) is 11.0. The zero-order chi connectivity index (χ0) is 17.9. The summed E-state index contributed by atoms with van der Waals surface area (Å²) in [5, 5.41) is 0. The van der Waals surface area contributed by atoms with Crippen LogP contribution in [-0.2, 0) is 0 Å². The van der Waals surface area contributed by atoms with Gasteiger partial charge in [0.1, 0.15) is 0 Å². The molecule has 0 aromatic rings. The van der Waals surface area contributed by atoms with E-state index in [1.54, 1.807) is 5.57 Å². The number of hydrogen-bond donors (Lipinski definition) is 1. The van der Waals surface area contributed by atoms with E-state index >= 15 is 0 Å². The van der Waals surface area contributed by atoms with Crippen LogP contribution in [0.1, 0.15) is 93.4 Å². The Labute approximate surface area is 145 Å². The summed E-state index contributed by atoms with van der Waals surface area (Å²) in [6.45, 7) is 15.5. The van der Waals surface area contributed by atoms with E-state index in [9.17, 15) is 0 Å². The van der Waals surface area contributed by atoms with Crippen LogP contribution < -0.4 is 5.73 Å². The van der Waals surface area contributed by atoms with Crippen LogP contribution in [-0.4, -0.2) is 5.84 Å². The van der Waals surface area contributed by atoms with E-state index in [-0.39, 0.29) is 5.41 Å². The van der Waals surface area contributed by atoms with Crippen molar-refractivity contribution < 1.29 is 0 Å². The lowest BCUT2D eigenvalue weighted by molar-refractivity contribution is 0.449. The molecule has 0 aliphatic heterocycles.